The first kappa shape index (κ1) is 19.2. The molecule has 1 heterocycles. The second-order valence-electron chi connectivity index (χ2n) is 8.00. The van der Waals surface area contributed by atoms with Crippen molar-refractivity contribution < 1.29 is 23.5 Å². The van der Waals surface area contributed by atoms with Crippen LogP contribution in [0.5, 0.6) is 5.75 Å². The molecule has 0 spiro atoms. The molecule has 0 aliphatic carbocycles. The van der Waals surface area contributed by atoms with Gasteiger partial charge in [-0.3, -0.25) is 4.79 Å². The number of hydrogen-bond acceptors (Lipinski definition) is 4. The Morgan fingerprint density at radius 2 is 1.92 bits per heavy atom. The van der Waals surface area contributed by atoms with Gasteiger partial charge < -0.3 is 18.7 Å². The summed E-state index contributed by atoms with van der Waals surface area (Å²) in [5, 5.41) is 8.86. The molecule has 0 aromatic heterocycles. The molecule has 1 aliphatic rings. The summed E-state index contributed by atoms with van der Waals surface area (Å²) in [4.78, 5) is 10.8. The summed E-state index contributed by atoms with van der Waals surface area (Å²) in [7, 11) is -1.39. The van der Waals surface area contributed by atoms with E-state index in [9.17, 15) is 4.79 Å². The average molecular weight is 354 g/mol. The molecule has 1 aromatic carbocycles. The molecule has 0 atom stereocenters. The van der Waals surface area contributed by atoms with Gasteiger partial charge in [0.1, 0.15) is 5.75 Å². The molecule has 1 saturated heterocycles. The highest BCUT2D eigenvalue weighted by Crippen LogP contribution is 2.48. The van der Waals surface area contributed by atoms with Crippen LogP contribution in [-0.4, -0.2) is 24.3 Å². The first-order chi connectivity index (χ1) is 11.1. The Morgan fingerprint density at radius 1 is 1.29 bits per heavy atom. The lowest BCUT2D eigenvalue weighted by atomic mass is 9.85. The van der Waals surface area contributed by atoms with Crippen LogP contribution < -0.4 is 4.52 Å². The third-order valence-corrected chi connectivity index (χ3v) is 4.80. The topological polar surface area (TPSA) is 65.0 Å². The molecular formula is C18H27O5P. The van der Waals surface area contributed by atoms with E-state index in [1.807, 2.05) is 18.2 Å². The summed E-state index contributed by atoms with van der Waals surface area (Å²) in [6.07, 6.45) is 0.631. The predicted octanol–water partition coefficient (Wildman–Crippen LogP) is 4.68. The van der Waals surface area contributed by atoms with Crippen LogP contribution in [0.2, 0.25) is 0 Å². The van der Waals surface area contributed by atoms with E-state index < -0.39 is 14.6 Å². The van der Waals surface area contributed by atoms with Crippen molar-refractivity contribution in [3.8, 4) is 5.75 Å². The van der Waals surface area contributed by atoms with Gasteiger partial charge >= 0.3 is 14.6 Å². The zero-order valence-corrected chi connectivity index (χ0v) is 16.0. The minimum Gasteiger partial charge on any atom is -0.481 e. The normalized spacial score (nSPS) is 18.4. The monoisotopic (exact) mass is 354 g/mol. The summed E-state index contributed by atoms with van der Waals surface area (Å²) >= 11 is 0. The number of rotatable bonds is 5. The number of carbonyl (C=O) groups is 1. The van der Waals surface area contributed by atoms with Gasteiger partial charge in [0.2, 0.25) is 0 Å². The summed E-state index contributed by atoms with van der Waals surface area (Å²) in [6, 6.07) is 5.84. The van der Waals surface area contributed by atoms with E-state index in [2.05, 4.69) is 34.6 Å². The zero-order chi connectivity index (χ0) is 18.0. The Kier molecular flexibility index (Phi) is 5.90. The molecule has 0 unspecified atom stereocenters. The number of aryl methyl sites for hydroxylation is 1. The SMILES string of the molecule is CC1(C)COP(Oc2ccc(CCC(=O)O)cc2C(C)(C)C)OC1. The van der Waals surface area contributed by atoms with Gasteiger partial charge in [0.05, 0.1) is 13.2 Å². The molecule has 1 aromatic rings. The van der Waals surface area contributed by atoms with Crippen molar-refractivity contribution >= 4 is 14.6 Å². The molecule has 0 saturated carbocycles. The van der Waals surface area contributed by atoms with Crippen molar-refractivity contribution in [3.63, 3.8) is 0 Å². The molecule has 1 fully saturated rings. The maximum absolute atomic E-state index is 10.8. The molecule has 1 aliphatic heterocycles. The predicted molar refractivity (Wildman–Crippen MR) is 94.3 cm³/mol. The molecule has 134 valence electrons. The molecule has 24 heavy (non-hydrogen) atoms. The van der Waals surface area contributed by atoms with Gasteiger partial charge in [-0.25, -0.2) is 0 Å². The van der Waals surface area contributed by atoms with Crippen LogP contribution >= 0.6 is 8.60 Å². The molecule has 0 radical (unpaired) electrons. The minimum atomic E-state index is -1.39. The van der Waals surface area contributed by atoms with Crippen molar-refractivity contribution in [2.24, 2.45) is 5.41 Å². The van der Waals surface area contributed by atoms with Crippen LogP contribution in [0.25, 0.3) is 0 Å². The Bertz CT molecular complexity index is 582. The first-order valence-electron chi connectivity index (χ1n) is 8.16. The highest BCUT2D eigenvalue weighted by atomic mass is 31.2. The second kappa shape index (κ2) is 7.38. The van der Waals surface area contributed by atoms with Gasteiger partial charge in [0, 0.05) is 17.4 Å². The fraction of sp³-hybridized carbons (Fsp3) is 0.611. The van der Waals surface area contributed by atoms with Crippen LogP contribution in [0.4, 0.5) is 0 Å². The van der Waals surface area contributed by atoms with Gasteiger partial charge in [-0.2, -0.15) is 0 Å². The van der Waals surface area contributed by atoms with Gasteiger partial charge in [-0.05, 0) is 23.5 Å². The average Bonchev–Trinajstić information content (AvgIpc) is 2.47. The molecule has 5 nitrogen and oxygen atoms in total. The lowest BCUT2D eigenvalue weighted by Gasteiger charge is -2.33. The van der Waals surface area contributed by atoms with E-state index in [-0.39, 0.29) is 17.3 Å². The fourth-order valence-electron chi connectivity index (χ4n) is 2.32. The Labute approximate surface area is 145 Å². The van der Waals surface area contributed by atoms with E-state index in [1.165, 1.54) is 0 Å². The maximum atomic E-state index is 10.8. The first-order valence-corrected chi connectivity index (χ1v) is 9.25. The smallest absolute Gasteiger partial charge is 0.397 e. The quantitative estimate of drug-likeness (QED) is 0.778. The largest absolute Gasteiger partial charge is 0.481 e. The van der Waals surface area contributed by atoms with Crippen LogP contribution in [0.3, 0.4) is 0 Å². The van der Waals surface area contributed by atoms with Crippen molar-refractivity contribution in [2.75, 3.05) is 13.2 Å². The third-order valence-electron chi connectivity index (χ3n) is 3.77. The third kappa shape index (κ3) is 5.44. The van der Waals surface area contributed by atoms with Gasteiger partial charge in [-0.15, -0.1) is 0 Å². The van der Waals surface area contributed by atoms with Crippen LogP contribution in [-0.2, 0) is 25.7 Å². The second-order valence-corrected chi connectivity index (χ2v) is 9.15. The fourth-order valence-corrected chi connectivity index (χ4v) is 3.73. The van der Waals surface area contributed by atoms with E-state index in [4.69, 9.17) is 18.7 Å². The van der Waals surface area contributed by atoms with Crippen LogP contribution in [0.1, 0.15) is 52.2 Å². The molecule has 0 bridgehead atoms. The van der Waals surface area contributed by atoms with Crippen molar-refractivity contribution in [1.82, 2.24) is 0 Å². The lowest BCUT2D eigenvalue weighted by Crippen LogP contribution is -2.29. The van der Waals surface area contributed by atoms with Gasteiger partial charge in [0.25, 0.3) is 0 Å². The van der Waals surface area contributed by atoms with Gasteiger partial charge in [-0.1, -0.05) is 46.8 Å². The minimum absolute atomic E-state index is 0.00966. The standard InChI is InChI=1S/C18H27O5P/c1-17(2,3)14-10-13(7-9-16(19)20)6-8-15(14)23-24-21-11-18(4,5)12-22-24/h6,8,10H,7,9,11-12H2,1-5H3,(H,19,20). The van der Waals surface area contributed by atoms with E-state index >= 15 is 0 Å². The molecular weight excluding hydrogens is 327 g/mol. The number of carboxylic acids is 1. The number of carboxylic acid groups (broad SMARTS) is 1. The molecule has 0 amide bonds. The van der Waals surface area contributed by atoms with E-state index in [0.29, 0.717) is 19.6 Å². The Balaban J connectivity index is 2.15. The van der Waals surface area contributed by atoms with E-state index in [0.717, 1.165) is 16.9 Å². The number of hydrogen-bond donors (Lipinski definition) is 1. The summed E-state index contributed by atoms with van der Waals surface area (Å²) in [5.41, 5.74) is 1.91. The van der Waals surface area contributed by atoms with E-state index in [1.54, 1.807) is 0 Å². The Morgan fingerprint density at radius 3 is 2.46 bits per heavy atom. The zero-order valence-electron chi connectivity index (χ0n) is 15.1. The molecule has 2 rings (SSSR count). The van der Waals surface area contributed by atoms with Crippen LogP contribution in [0.15, 0.2) is 18.2 Å². The van der Waals surface area contributed by atoms with Gasteiger partial charge in [0.15, 0.2) is 0 Å². The van der Waals surface area contributed by atoms with Crippen molar-refractivity contribution in [3.05, 3.63) is 29.3 Å². The van der Waals surface area contributed by atoms with Crippen molar-refractivity contribution in [1.29, 1.82) is 0 Å². The molecule has 1 N–H and O–H groups in total. The molecule has 6 heteroatoms. The number of benzene rings is 1. The highest BCUT2D eigenvalue weighted by molar-refractivity contribution is 7.42. The van der Waals surface area contributed by atoms with Crippen LogP contribution in [0, 0.1) is 5.41 Å². The van der Waals surface area contributed by atoms with Crippen molar-refractivity contribution in [2.45, 2.75) is 52.9 Å². The highest BCUT2D eigenvalue weighted by Gasteiger charge is 2.32. The maximum Gasteiger partial charge on any atom is 0.397 e. The summed E-state index contributed by atoms with van der Waals surface area (Å²) in [5.74, 6) is -0.0462. The number of aliphatic carboxylic acids is 1. The summed E-state index contributed by atoms with van der Waals surface area (Å²) < 4.78 is 17.4. The lowest BCUT2D eigenvalue weighted by molar-refractivity contribution is -0.136. The summed E-state index contributed by atoms with van der Waals surface area (Å²) in [6.45, 7) is 11.7. The Hall–Kier alpha value is -1.16.